The zero-order valence-electron chi connectivity index (χ0n) is 8.40. The predicted octanol–water partition coefficient (Wildman–Crippen LogP) is 0.0548. The first-order chi connectivity index (χ1) is 7.21. The molecule has 82 valence electrons. The van der Waals surface area contributed by atoms with Gasteiger partial charge in [0.05, 0.1) is 24.6 Å². The summed E-state index contributed by atoms with van der Waals surface area (Å²) in [6.07, 6.45) is 3.42. The van der Waals surface area contributed by atoms with Crippen molar-refractivity contribution in [1.82, 2.24) is 15.1 Å². The Balaban J connectivity index is 2.72. The topological polar surface area (TPSA) is 72.9 Å². The fourth-order valence-electron chi connectivity index (χ4n) is 1.06. The highest BCUT2D eigenvalue weighted by Gasteiger charge is 2.06. The summed E-state index contributed by atoms with van der Waals surface area (Å²) >= 11 is 0. The molecule has 1 rings (SSSR count). The van der Waals surface area contributed by atoms with Crippen LogP contribution in [-0.2, 0) is 6.54 Å². The van der Waals surface area contributed by atoms with E-state index in [1.54, 1.807) is 0 Å². The van der Waals surface area contributed by atoms with Crippen molar-refractivity contribution >= 4 is 5.91 Å². The van der Waals surface area contributed by atoms with Crippen molar-refractivity contribution in [3.63, 3.8) is 0 Å². The van der Waals surface area contributed by atoms with Gasteiger partial charge in [0.2, 0.25) is 0 Å². The molecule has 1 heterocycles. The lowest BCUT2D eigenvalue weighted by atomic mass is 10.3. The third-order valence-electron chi connectivity index (χ3n) is 1.90. The lowest BCUT2D eigenvalue weighted by Gasteiger charge is -2.01. The van der Waals surface area contributed by atoms with E-state index in [1.807, 2.05) is 0 Å². The SMILES string of the molecule is CNC(=O)c1cnn(C/C(=C/F)CN)c1. The van der Waals surface area contributed by atoms with Gasteiger partial charge in [0, 0.05) is 19.8 Å². The minimum absolute atomic E-state index is 0.131. The Morgan fingerprint density at radius 1 is 1.80 bits per heavy atom. The van der Waals surface area contributed by atoms with E-state index in [9.17, 15) is 9.18 Å². The van der Waals surface area contributed by atoms with Crippen LogP contribution in [0.25, 0.3) is 0 Å². The molecule has 0 aliphatic heterocycles. The summed E-state index contributed by atoms with van der Waals surface area (Å²) in [5, 5.41) is 6.38. The van der Waals surface area contributed by atoms with Gasteiger partial charge in [0.15, 0.2) is 0 Å². The van der Waals surface area contributed by atoms with Gasteiger partial charge in [-0.15, -0.1) is 0 Å². The Labute approximate surface area is 86.8 Å². The summed E-state index contributed by atoms with van der Waals surface area (Å²) in [5.41, 5.74) is 6.15. The molecule has 5 nitrogen and oxygen atoms in total. The molecule has 0 spiro atoms. The Morgan fingerprint density at radius 2 is 2.53 bits per heavy atom. The van der Waals surface area contributed by atoms with Crippen molar-refractivity contribution in [3.8, 4) is 0 Å². The monoisotopic (exact) mass is 212 g/mol. The molecule has 0 atom stereocenters. The molecule has 15 heavy (non-hydrogen) atoms. The van der Waals surface area contributed by atoms with Crippen LogP contribution in [0.3, 0.4) is 0 Å². The molecular formula is C9H13FN4O. The van der Waals surface area contributed by atoms with E-state index in [-0.39, 0.29) is 19.0 Å². The minimum atomic E-state index is -0.222. The summed E-state index contributed by atoms with van der Waals surface area (Å²) in [6.45, 7) is 0.385. The van der Waals surface area contributed by atoms with Crippen LogP contribution >= 0.6 is 0 Å². The van der Waals surface area contributed by atoms with E-state index in [1.165, 1.54) is 24.1 Å². The molecule has 3 N–H and O–H groups in total. The number of nitrogens with one attached hydrogen (secondary N) is 1. The molecule has 6 heteroatoms. The van der Waals surface area contributed by atoms with Gasteiger partial charge in [-0.25, -0.2) is 4.39 Å². The molecule has 1 amide bonds. The highest BCUT2D eigenvalue weighted by atomic mass is 19.1. The van der Waals surface area contributed by atoms with Crippen molar-refractivity contribution in [3.05, 3.63) is 29.9 Å². The van der Waals surface area contributed by atoms with Crippen molar-refractivity contribution in [1.29, 1.82) is 0 Å². The first kappa shape index (κ1) is 11.4. The summed E-state index contributed by atoms with van der Waals surface area (Å²) in [6, 6.07) is 0. The quantitative estimate of drug-likeness (QED) is 0.741. The van der Waals surface area contributed by atoms with Crippen LogP contribution in [0.4, 0.5) is 4.39 Å². The van der Waals surface area contributed by atoms with Gasteiger partial charge >= 0.3 is 0 Å². The summed E-state index contributed by atoms with van der Waals surface area (Å²) in [7, 11) is 1.53. The Morgan fingerprint density at radius 3 is 3.07 bits per heavy atom. The predicted molar refractivity (Wildman–Crippen MR) is 53.9 cm³/mol. The number of amides is 1. The molecular weight excluding hydrogens is 199 g/mol. The average Bonchev–Trinajstić information content (AvgIpc) is 2.73. The summed E-state index contributed by atoms with van der Waals surface area (Å²) in [4.78, 5) is 11.2. The van der Waals surface area contributed by atoms with Crippen LogP contribution < -0.4 is 11.1 Å². The maximum Gasteiger partial charge on any atom is 0.254 e. The zero-order chi connectivity index (χ0) is 11.3. The molecule has 0 aliphatic rings. The van der Waals surface area contributed by atoms with Gasteiger partial charge in [-0.2, -0.15) is 5.10 Å². The number of rotatable bonds is 4. The fourth-order valence-corrected chi connectivity index (χ4v) is 1.06. The molecule has 0 saturated heterocycles. The number of nitrogens with zero attached hydrogens (tertiary/aromatic N) is 2. The molecule has 0 radical (unpaired) electrons. The van der Waals surface area contributed by atoms with Gasteiger partial charge in [0.25, 0.3) is 5.91 Å². The number of carbonyl (C=O) groups is 1. The fraction of sp³-hybridized carbons (Fsp3) is 0.333. The van der Waals surface area contributed by atoms with Gasteiger partial charge in [-0.3, -0.25) is 9.48 Å². The van der Waals surface area contributed by atoms with Gasteiger partial charge in [-0.05, 0) is 5.57 Å². The Kier molecular flexibility index (Phi) is 3.99. The molecule has 0 bridgehead atoms. The lowest BCUT2D eigenvalue weighted by Crippen LogP contribution is -2.17. The molecule has 0 aromatic carbocycles. The van der Waals surface area contributed by atoms with Crippen molar-refractivity contribution in [2.45, 2.75) is 6.54 Å². The smallest absolute Gasteiger partial charge is 0.254 e. The number of carbonyl (C=O) groups excluding carboxylic acids is 1. The first-order valence-corrected chi connectivity index (χ1v) is 4.44. The van der Waals surface area contributed by atoms with Crippen molar-refractivity contribution in [2.24, 2.45) is 5.73 Å². The molecule has 1 aromatic heterocycles. The number of hydrogen-bond donors (Lipinski definition) is 2. The second-order valence-corrected chi connectivity index (χ2v) is 2.98. The third kappa shape index (κ3) is 2.88. The van der Waals surface area contributed by atoms with E-state index < -0.39 is 0 Å². The maximum atomic E-state index is 12.2. The van der Waals surface area contributed by atoms with Crippen LogP contribution in [0.1, 0.15) is 10.4 Å². The largest absolute Gasteiger partial charge is 0.355 e. The van der Waals surface area contributed by atoms with Crippen LogP contribution in [-0.4, -0.2) is 29.3 Å². The molecule has 0 aliphatic carbocycles. The number of aromatic nitrogens is 2. The van der Waals surface area contributed by atoms with E-state index in [2.05, 4.69) is 10.4 Å². The zero-order valence-corrected chi connectivity index (χ0v) is 8.40. The molecule has 1 aromatic rings. The Hall–Kier alpha value is -1.69. The molecule has 0 saturated carbocycles. The van der Waals surface area contributed by atoms with E-state index >= 15 is 0 Å². The highest BCUT2D eigenvalue weighted by Crippen LogP contribution is 2.01. The molecule has 0 unspecified atom stereocenters. The van der Waals surface area contributed by atoms with Crippen LogP contribution in [0.2, 0.25) is 0 Å². The lowest BCUT2D eigenvalue weighted by molar-refractivity contribution is 0.0963. The van der Waals surface area contributed by atoms with Crippen LogP contribution in [0.5, 0.6) is 0 Å². The van der Waals surface area contributed by atoms with Crippen molar-refractivity contribution < 1.29 is 9.18 Å². The van der Waals surface area contributed by atoms with Gasteiger partial charge in [-0.1, -0.05) is 0 Å². The number of hydrogen-bond acceptors (Lipinski definition) is 3. The standard InChI is InChI=1S/C9H13FN4O/c1-12-9(15)8-4-13-14(6-8)5-7(2-10)3-11/h2,4,6H,3,5,11H2,1H3,(H,12,15)/b7-2+. The third-order valence-corrected chi connectivity index (χ3v) is 1.90. The van der Waals surface area contributed by atoms with Crippen LogP contribution in [0, 0.1) is 0 Å². The maximum absolute atomic E-state index is 12.2. The minimum Gasteiger partial charge on any atom is -0.355 e. The summed E-state index contributed by atoms with van der Waals surface area (Å²) < 4.78 is 13.7. The normalized spacial score (nSPS) is 11.5. The number of nitrogens with two attached hydrogens (primary N) is 1. The first-order valence-electron chi connectivity index (χ1n) is 4.44. The molecule has 0 fully saturated rings. The highest BCUT2D eigenvalue weighted by molar-refractivity contribution is 5.93. The van der Waals surface area contributed by atoms with Crippen molar-refractivity contribution in [2.75, 3.05) is 13.6 Å². The van der Waals surface area contributed by atoms with E-state index in [4.69, 9.17) is 5.73 Å². The second-order valence-electron chi connectivity index (χ2n) is 2.98. The van der Waals surface area contributed by atoms with E-state index in [0.29, 0.717) is 17.5 Å². The van der Waals surface area contributed by atoms with Gasteiger partial charge in [0.1, 0.15) is 0 Å². The Bertz CT molecular complexity index is 372. The van der Waals surface area contributed by atoms with Gasteiger partial charge < -0.3 is 11.1 Å². The average molecular weight is 212 g/mol. The summed E-state index contributed by atoms with van der Waals surface area (Å²) in [5.74, 6) is -0.222. The second kappa shape index (κ2) is 5.26. The van der Waals surface area contributed by atoms with Crippen LogP contribution in [0.15, 0.2) is 24.3 Å². The van der Waals surface area contributed by atoms with E-state index in [0.717, 1.165) is 0 Å². The number of halogens is 1.